The van der Waals surface area contributed by atoms with E-state index in [9.17, 15) is 83.1 Å². The monoisotopic (exact) mass is 1710 g/mol. The van der Waals surface area contributed by atoms with Gasteiger partial charge in [-0.25, -0.2) is 4.79 Å². The molecule has 11 rings (SSSR count). The first-order chi connectivity index (χ1) is 58.3. The van der Waals surface area contributed by atoms with Crippen molar-refractivity contribution in [2.24, 2.45) is 60.0 Å². The third kappa shape index (κ3) is 24.8. The predicted molar refractivity (Wildman–Crippen MR) is 410 cm³/mol. The summed E-state index contributed by atoms with van der Waals surface area (Å²) in [5.74, 6) is 0. The minimum atomic E-state index is -1.92. The third-order valence-electron chi connectivity index (χ3n) is 21.8. The van der Waals surface area contributed by atoms with Crippen LogP contribution in [0, 0.1) is 0 Å². The van der Waals surface area contributed by atoms with Crippen LogP contribution in [0.4, 0.5) is 4.79 Å². The number of hydrogen-bond acceptors (Lipinski definition) is 38. The number of rotatable bonds is 33. The number of carboxylic acid groups (broad SMARTS) is 1. The van der Waals surface area contributed by atoms with Gasteiger partial charge in [0.2, 0.25) is 0 Å². The van der Waals surface area contributed by atoms with Gasteiger partial charge in [0.15, 0.2) is 37.7 Å². The van der Waals surface area contributed by atoms with Crippen molar-refractivity contribution in [3.05, 3.63) is 160 Å². The SMILES string of the molecule is NC[C@@H]1O[C@H](O[C@H]2[C@@H](O)[C@H](O[C@@H]3[C@@H](O)[C@H](N)C[C@H](N)[C@H]3O[C@H]3O[C@H]([C@H](N)CO)CC[C@H]3N)O[C@@H]2CO)[C@H](N)[C@@H](O)[C@@H]1O.O=CO.[N-]=[N+]=NC[C@@H]1O[C@H](O[C@H]2[C@@H](O)[C@H](O[C@@H]3[C@@H](O)[C@H](N=[N+]=[N-])C[C@H](N=[N+]=[N-])[C@H]3O[C@H]3O[C@H]([C@@H](COCc4ccccc4)N(Cc4ccccc4)C(=O)OCc4ccccc4)CC[C@H]3N=[N+]=[N-])O[C@@H]2CO)[C@H](N=[N+]=[N-])[C@@H](O)[C@@H]1O. The molecule has 50 nitrogen and oxygen atoms in total. The fourth-order valence-corrected chi connectivity index (χ4v) is 15.3. The first-order valence-corrected chi connectivity index (χ1v) is 38.8. The minimum absolute atomic E-state index is 0.0324. The lowest BCUT2D eigenvalue weighted by Crippen LogP contribution is -2.65. The Kier molecular flexibility index (Phi) is 38.0. The lowest BCUT2D eigenvalue weighted by atomic mass is 9.84. The lowest BCUT2D eigenvalue weighted by Gasteiger charge is -2.46. The quantitative estimate of drug-likeness (QED) is 0.0131. The molecule has 0 aromatic heterocycles. The van der Waals surface area contributed by atoms with Crippen molar-refractivity contribution in [3.8, 4) is 0 Å². The fourth-order valence-electron chi connectivity index (χ4n) is 15.3. The number of hydrogen-bond donors (Lipinski definition) is 18. The zero-order valence-electron chi connectivity index (χ0n) is 65.1. The van der Waals surface area contributed by atoms with Crippen LogP contribution in [-0.2, 0) is 90.9 Å². The summed E-state index contributed by atoms with van der Waals surface area (Å²) in [5, 5.41) is 143. The molecule has 121 heavy (non-hydrogen) atoms. The van der Waals surface area contributed by atoms with E-state index in [1.165, 1.54) is 4.90 Å². The van der Waals surface area contributed by atoms with Gasteiger partial charge >= 0.3 is 6.09 Å². The van der Waals surface area contributed by atoms with Gasteiger partial charge in [-0.15, -0.1) is 0 Å². The number of carbonyl (C=O) groups is 2. The molecule has 0 radical (unpaired) electrons. The average molecular weight is 1720 g/mol. The summed E-state index contributed by atoms with van der Waals surface area (Å²) >= 11 is 0. The zero-order chi connectivity index (χ0) is 87.6. The lowest BCUT2D eigenvalue weighted by molar-refractivity contribution is -0.292. The van der Waals surface area contributed by atoms with Crippen LogP contribution in [-0.4, -0.2) is 338 Å². The molecule has 3 aromatic carbocycles. The van der Waals surface area contributed by atoms with E-state index in [1.54, 1.807) is 0 Å². The van der Waals surface area contributed by atoms with Crippen molar-refractivity contribution in [3.63, 3.8) is 0 Å². The van der Waals surface area contributed by atoms with Crippen molar-refractivity contribution < 1.29 is 137 Å². The molecule has 2 saturated carbocycles. The van der Waals surface area contributed by atoms with Gasteiger partial charge in [0.05, 0.1) is 125 Å². The third-order valence-corrected chi connectivity index (χ3v) is 21.8. The second-order valence-electron chi connectivity index (χ2n) is 29.7. The highest BCUT2D eigenvalue weighted by molar-refractivity contribution is 5.68. The van der Waals surface area contributed by atoms with Gasteiger partial charge in [0, 0.05) is 49.7 Å². The number of amides is 1. The Morgan fingerprint density at radius 1 is 0.488 bits per heavy atom. The number of nitrogens with two attached hydrogens (primary N) is 6. The Balaban J connectivity index is 0.000000311. The van der Waals surface area contributed by atoms with Crippen LogP contribution in [0.3, 0.4) is 0 Å². The molecule has 6 heterocycles. The van der Waals surface area contributed by atoms with Crippen LogP contribution >= 0.6 is 0 Å². The summed E-state index contributed by atoms with van der Waals surface area (Å²) in [5.41, 5.74) is 86.0. The van der Waals surface area contributed by atoms with Crippen molar-refractivity contribution in [1.82, 2.24) is 4.90 Å². The molecule has 668 valence electrons. The Labute approximate surface area is 690 Å². The molecule has 36 atom stereocenters. The molecule has 3 aromatic rings. The molecule has 8 aliphatic rings. The van der Waals surface area contributed by atoms with Crippen molar-refractivity contribution in [2.75, 3.05) is 39.5 Å². The van der Waals surface area contributed by atoms with Crippen LogP contribution < -0.4 is 34.4 Å². The molecule has 8 fully saturated rings. The summed E-state index contributed by atoms with van der Waals surface area (Å²) in [7, 11) is 0. The minimum Gasteiger partial charge on any atom is -0.483 e. The number of aliphatic hydroxyl groups is 11. The topological polar surface area (TPSA) is 809 Å². The smallest absolute Gasteiger partial charge is 0.410 e. The summed E-state index contributed by atoms with van der Waals surface area (Å²) in [6, 6.07) is 17.2. The predicted octanol–water partition coefficient (Wildman–Crippen LogP) is -2.39. The molecule has 0 bridgehead atoms. The van der Waals surface area contributed by atoms with E-state index in [2.05, 4.69) is 50.1 Å². The average Bonchev–Trinajstić information content (AvgIpc) is 1.75. The Morgan fingerprint density at radius 3 is 1.55 bits per heavy atom. The van der Waals surface area contributed by atoms with Crippen molar-refractivity contribution in [2.45, 2.75) is 279 Å². The summed E-state index contributed by atoms with van der Waals surface area (Å²) < 4.78 is 84.7. The molecular weight excluding hydrogens is 1610 g/mol. The number of aliphatic hydroxyl groups excluding tert-OH is 11. The van der Waals surface area contributed by atoms with Crippen molar-refractivity contribution >= 4 is 12.6 Å². The number of nitrogens with zero attached hydrogens (tertiary/aromatic N) is 16. The Hall–Kier alpha value is -8.25. The van der Waals surface area contributed by atoms with E-state index < -0.39 is 246 Å². The molecule has 0 unspecified atom stereocenters. The normalized spacial score (nSPS) is 38.1. The molecule has 50 heteroatoms. The first-order valence-electron chi connectivity index (χ1n) is 38.8. The van der Waals surface area contributed by atoms with Gasteiger partial charge in [-0.1, -0.05) is 117 Å². The standard InChI is InChI=1S/C46H56N16O14.C24H48N6O12.CH2O2/c47-57-52-19-33-37(65)38(66)35(56-61-51)44(72-33)75-41-34(21-63)73-45(39(41)67)76-42-36(64)29(54-59-49)18-30(55-60-50)40(42)74-43-28(53-58-48)16-17-32(71-43)31(24-69-22-26-12-6-2-7-13-26)62(20-25-10-4-1-5-11-25)46(68)70-23-27-14-8-3-9-15-27;25-4-12-16(34)17(35)14(30)23(38-12)41-20-13(6-32)39-24(18(20)36)42-21-15(33)8(27)3-9(28)19(21)40-22-7(26)1-2-11(37-22)10(29)5-31;2-1-3/h1-15,28-45,63-67H,16-24H2;7-24,31-36H,1-6,25-30H2;1H,(H,2,3)/t28-,29-,30+,31-,32+,33+,34-,35-,36+,37-,38-,39-,40-,41-,42-,43-,44-,45+;7-,8-,9+,10-,11+,12+,13-,14-,15+,16-,17-,18-,19-,20-,21-,22-,23-,24+;/m11./s1. The molecule has 24 N–H and O–H groups in total. The van der Waals surface area contributed by atoms with Gasteiger partial charge in [-0.2, -0.15) is 0 Å². The summed E-state index contributed by atoms with van der Waals surface area (Å²) in [6.45, 7) is -2.66. The Bertz CT molecular complexity index is 3920. The molecule has 1 amide bonds. The molecule has 6 saturated heterocycles. The molecule has 0 spiro atoms. The molecular formula is C71H106N22O28. The second-order valence-corrected chi connectivity index (χ2v) is 29.7. The maximum atomic E-state index is 14.4. The van der Waals surface area contributed by atoms with Crippen LogP contribution in [0.5, 0.6) is 0 Å². The highest BCUT2D eigenvalue weighted by Crippen LogP contribution is 2.41. The Morgan fingerprint density at radius 2 is 0.983 bits per heavy atom. The van der Waals surface area contributed by atoms with Gasteiger partial charge < -0.3 is 162 Å². The number of azide groups is 5. The number of carbonyl (C=O) groups excluding carboxylic acids is 1. The van der Waals surface area contributed by atoms with E-state index in [1.807, 2.05) is 91.0 Å². The van der Waals surface area contributed by atoms with E-state index in [0.717, 1.165) is 16.7 Å². The first kappa shape index (κ1) is 96.6. The van der Waals surface area contributed by atoms with Crippen LogP contribution in [0.15, 0.2) is 117 Å². The van der Waals surface area contributed by atoms with E-state index in [4.69, 9.17) is 116 Å². The fraction of sp³-hybridized carbons (Fsp3) is 0.718. The summed E-state index contributed by atoms with van der Waals surface area (Å²) in [4.78, 5) is 38.4. The van der Waals surface area contributed by atoms with Crippen LogP contribution in [0.1, 0.15) is 55.2 Å². The van der Waals surface area contributed by atoms with E-state index in [0.29, 0.717) is 12.8 Å². The van der Waals surface area contributed by atoms with Crippen molar-refractivity contribution in [1.29, 1.82) is 0 Å². The van der Waals surface area contributed by atoms with Crippen LogP contribution in [0.25, 0.3) is 52.2 Å². The maximum absolute atomic E-state index is 14.4. The second kappa shape index (κ2) is 47.6. The highest BCUT2D eigenvalue weighted by atomic mass is 16.8. The van der Waals surface area contributed by atoms with E-state index >= 15 is 0 Å². The highest BCUT2D eigenvalue weighted by Gasteiger charge is 2.58. The zero-order valence-corrected chi connectivity index (χ0v) is 65.1. The number of benzene rings is 3. The van der Waals surface area contributed by atoms with Gasteiger partial charge in [0.25, 0.3) is 6.47 Å². The maximum Gasteiger partial charge on any atom is 0.410 e. The molecule has 6 aliphatic heterocycles. The molecule has 2 aliphatic carbocycles. The van der Waals surface area contributed by atoms with Gasteiger partial charge in [-0.3, -0.25) is 9.69 Å². The van der Waals surface area contributed by atoms with Crippen LogP contribution in [0.2, 0.25) is 0 Å². The number of ether oxygens (including phenoxy) is 14. The largest absolute Gasteiger partial charge is 0.483 e. The van der Waals surface area contributed by atoms with E-state index in [-0.39, 0.29) is 71.7 Å². The van der Waals surface area contributed by atoms with Gasteiger partial charge in [-0.05, 0) is 82.9 Å². The summed E-state index contributed by atoms with van der Waals surface area (Å²) in [6.07, 6.45) is -36.4. The van der Waals surface area contributed by atoms with Gasteiger partial charge in [0.1, 0.15) is 92.0 Å².